The van der Waals surface area contributed by atoms with Crippen molar-refractivity contribution in [2.75, 3.05) is 11.9 Å². The first kappa shape index (κ1) is 9.82. The third-order valence-electron chi connectivity index (χ3n) is 2.09. The maximum absolute atomic E-state index is 5.24. The second-order valence-corrected chi connectivity index (χ2v) is 4.03. The molecule has 1 aromatic heterocycles. The van der Waals surface area contributed by atoms with Gasteiger partial charge in [-0.25, -0.2) is 0 Å². The number of hydrogen-bond acceptors (Lipinski definition) is 2. The normalized spacial score (nSPS) is 9.53. The van der Waals surface area contributed by atoms with Crippen LogP contribution in [0, 0.1) is 12.3 Å². The maximum Gasteiger partial charge on any atom is 0.0763 e. The number of para-hydroxylation sites is 1. The molecule has 0 fully saturated rings. The van der Waals surface area contributed by atoms with E-state index in [1.807, 2.05) is 18.2 Å². The molecule has 1 aromatic carbocycles. The van der Waals surface area contributed by atoms with Gasteiger partial charge in [-0.05, 0) is 17.5 Å². The minimum absolute atomic E-state index is 0.558. The third kappa shape index (κ3) is 2.20. The van der Waals surface area contributed by atoms with Crippen LogP contribution < -0.4 is 5.32 Å². The van der Waals surface area contributed by atoms with Gasteiger partial charge in [0.1, 0.15) is 0 Å². The fourth-order valence-corrected chi connectivity index (χ4v) is 2.20. The van der Waals surface area contributed by atoms with Gasteiger partial charge in [-0.2, -0.15) is 0 Å². The molecule has 2 heteroatoms. The first-order chi connectivity index (χ1) is 7.42. The molecule has 0 amide bonds. The largest absolute Gasteiger partial charge is 0.374 e. The maximum atomic E-state index is 5.24. The Bertz CT molecular complexity index is 466. The molecule has 0 unspecified atom stereocenters. The van der Waals surface area contributed by atoms with Gasteiger partial charge in [0.2, 0.25) is 0 Å². The quantitative estimate of drug-likeness (QED) is 0.770. The van der Waals surface area contributed by atoms with E-state index in [1.165, 1.54) is 10.4 Å². The Balaban J connectivity index is 2.35. The molecule has 0 saturated carbocycles. The number of thiophene rings is 1. The molecule has 2 aromatic rings. The minimum atomic E-state index is 0.558. The number of hydrogen-bond donors (Lipinski definition) is 1. The molecular weight excluding hydrogens is 202 g/mol. The van der Waals surface area contributed by atoms with Gasteiger partial charge in [0.25, 0.3) is 0 Å². The summed E-state index contributed by atoms with van der Waals surface area (Å²) in [7, 11) is 0. The van der Waals surface area contributed by atoms with Crippen molar-refractivity contribution in [2.24, 2.45) is 0 Å². The molecule has 74 valence electrons. The molecule has 1 nitrogen and oxygen atoms in total. The van der Waals surface area contributed by atoms with E-state index in [4.69, 9.17) is 6.42 Å². The van der Waals surface area contributed by atoms with Crippen molar-refractivity contribution < 1.29 is 0 Å². The molecule has 0 aliphatic heterocycles. The summed E-state index contributed by atoms with van der Waals surface area (Å²) in [4.78, 5) is 1.26. The van der Waals surface area contributed by atoms with Crippen molar-refractivity contribution in [3.63, 3.8) is 0 Å². The standard InChI is InChI=1S/C13H11NS/c1-2-9-14-12-7-4-3-6-11(12)13-8-5-10-15-13/h1,3-8,10,14H,9H2. The summed E-state index contributed by atoms with van der Waals surface area (Å²) < 4.78 is 0. The van der Waals surface area contributed by atoms with E-state index in [0.29, 0.717) is 6.54 Å². The van der Waals surface area contributed by atoms with Crippen LogP contribution in [0.3, 0.4) is 0 Å². The topological polar surface area (TPSA) is 12.0 Å². The van der Waals surface area contributed by atoms with Crippen molar-refractivity contribution >= 4 is 17.0 Å². The summed E-state index contributed by atoms with van der Waals surface area (Å²) in [5, 5.41) is 5.30. The van der Waals surface area contributed by atoms with Gasteiger partial charge in [0.05, 0.1) is 6.54 Å². The fourth-order valence-electron chi connectivity index (χ4n) is 1.43. The van der Waals surface area contributed by atoms with Crippen molar-refractivity contribution in [1.29, 1.82) is 0 Å². The smallest absolute Gasteiger partial charge is 0.0763 e. The van der Waals surface area contributed by atoms with Crippen molar-refractivity contribution in [3.8, 4) is 22.8 Å². The van der Waals surface area contributed by atoms with Crippen molar-refractivity contribution in [3.05, 3.63) is 41.8 Å². The highest BCUT2D eigenvalue weighted by atomic mass is 32.1. The third-order valence-corrected chi connectivity index (χ3v) is 3.00. The van der Waals surface area contributed by atoms with Crippen LogP contribution in [0.15, 0.2) is 41.8 Å². The molecule has 1 N–H and O–H groups in total. The highest BCUT2D eigenvalue weighted by Gasteiger charge is 2.03. The minimum Gasteiger partial charge on any atom is -0.374 e. The molecule has 0 bridgehead atoms. The van der Waals surface area contributed by atoms with Crippen LogP contribution in [0.4, 0.5) is 5.69 Å². The van der Waals surface area contributed by atoms with E-state index in [1.54, 1.807) is 11.3 Å². The molecule has 0 radical (unpaired) electrons. The van der Waals surface area contributed by atoms with E-state index >= 15 is 0 Å². The fraction of sp³-hybridized carbons (Fsp3) is 0.0769. The van der Waals surface area contributed by atoms with Crippen LogP contribution in [0.25, 0.3) is 10.4 Å². The Morgan fingerprint density at radius 1 is 1.20 bits per heavy atom. The molecule has 0 saturated heterocycles. The lowest BCUT2D eigenvalue weighted by atomic mass is 10.1. The van der Waals surface area contributed by atoms with Crippen molar-refractivity contribution in [2.45, 2.75) is 0 Å². The molecular formula is C13H11NS. The summed E-state index contributed by atoms with van der Waals surface area (Å²) >= 11 is 1.73. The van der Waals surface area contributed by atoms with Crippen molar-refractivity contribution in [1.82, 2.24) is 0 Å². The predicted octanol–water partition coefficient (Wildman–Crippen LogP) is 3.46. The molecule has 2 rings (SSSR count). The molecule has 0 atom stereocenters. The Hall–Kier alpha value is -1.72. The highest BCUT2D eigenvalue weighted by molar-refractivity contribution is 7.13. The van der Waals surface area contributed by atoms with Gasteiger partial charge in [-0.3, -0.25) is 0 Å². The lowest BCUT2D eigenvalue weighted by Gasteiger charge is -2.08. The van der Waals surface area contributed by atoms with Gasteiger partial charge in [0.15, 0.2) is 0 Å². The second-order valence-electron chi connectivity index (χ2n) is 3.08. The summed E-state index contributed by atoms with van der Waals surface area (Å²) in [5.41, 5.74) is 2.31. The summed E-state index contributed by atoms with van der Waals surface area (Å²) in [6.07, 6.45) is 5.24. The zero-order valence-electron chi connectivity index (χ0n) is 8.23. The molecule has 15 heavy (non-hydrogen) atoms. The number of rotatable bonds is 3. The molecule has 0 spiro atoms. The Morgan fingerprint density at radius 3 is 2.80 bits per heavy atom. The van der Waals surface area contributed by atoms with E-state index in [2.05, 4.69) is 34.8 Å². The summed E-state index contributed by atoms with van der Waals surface area (Å²) in [6.45, 7) is 0.558. The lowest BCUT2D eigenvalue weighted by Crippen LogP contribution is -1.99. The average Bonchev–Trinajstić information content (AvgIpc) is 2.80. The highest BCUT2D eigenvalue weighted by Crippen LogP contribution is 2.30. The Labute approximate surface area is 93.8 Å². The van der Waals surface area contributed by atoms with Crippen LogP contribution in [0.5, 0.6) is 0 Å². The van der Waals surface area contributed by atoms with Gasteiger partial charge < -0.3 is 5.32 Å². The van der Waals surface area contributed by atoms with Gasteiger partial charge in [-0.15, -0.1) is 17.8 Å². The molecule has 0 aliphatic carbocycles. The molecule has 1 heterocycles. The summed E-state index contributed by atoms with van der Waals surface area (Å²) in [5.74, 6) is 2.58. The van der Waals surface area contributed by atoms with E-state index in [-0.39, 0.29) is 0 Å². The van der Waals surface area contributed by atoms with Crippen LogP contribution in [0.1, 0.15) is 0 Å². The SMILES string of the molecule is C#CCNc1ccccc1-c1cccs1. The summed E-state index contributed by atoms with van der Waals surface area (Å²) in [6, 6.07) is 12.4. The Morgan fingerprint density at radius 2 is 2.07 bits per heavy atom. The number of benzene rings is 1. The van der Waals surface area contributed by atoms with E-state index < -0.39 is 0 Å². The van der Waals surface area contributed by atoms with E-state index in [0.717, 1.165) is 5.69 Å². The van der Waals surface area contributed by atoms with E-state index in [9.17, 15) is 0 Å². The Kier molecular flexibility index (Phi) is 3.06. The number of nitrogens with one attached hydrogen (secondary N) is 1. The van der Waals surface area contributed by atoms with Crippen LogP contribution in [0.2, 0.25) is 0 Å². The first-order valence-electron chi connectivity index (χ1n) is 4.72. The zero-order chi connectivity index (χ0) is 10.5. The average molecular weight is 213 g/mol. The zero-order valence-corrected chi connectivity index (χ0v) is 9.05. The number of anilines is 1. The first-order valence-corrected chi connectivity index (χ1v) is 5.60. The van der Waals surface area contributed by atoms with Crippen LogP contribution in [-0.2, 0) is 0 Å². The van der Waals surface area contributed by atoms with Gasteiger partial charge in [-0.1, -0.05) is 30.2 Å². The number of terminal acetylenes is 1. The predicted molar refractivity (Wildman–Crippen MR) is 67.1 cm³/mol. The van der Waals surface area contributed by atoms with Crippen LogP contribution in [-0.4, -0.2) is 6.54 Å². The van der Waals surface area contributed by atoms with Crippen LogP contribution >= 0.6 is 11.3 Å². The lowest BCUT2D eigenvalue weighted by molar-refractivity contribution is 1.38. The monoisotopic (exact) mass is 213 g/mol. The van der Waals surface area contributed by atoms with Gasteiger partial charge >= 0.3 is 0 Å². The second kappa shape index (κ2) is 4.68. The molecule has 0 aliphatic rings. The van der Waals surface area contributed by atoms with Gasteiger partial charge in [0, 0.05) is 16.1 Å².